The Morgan fingerprint density at radius 2 is 1.77 bits per heavy atom. The number of thioether (sulfide) groups is 1. The van der Waals surface area contributed by atoms with Crippen molar-refractivity contribution in [1.82, 2.24) is 14.8 Å². The number of nitriles is 1. The Morgan fingerprint density at radius 3 is 2.46 bits per heavy atom. The summed E-state index contributed by atoms with van der Waals surface area (Å²) < 4.78 is 13.0. The standard InChI is InChI=1S/C19H18N4O2S/c1-24-16-8-10-17(11-9-16)25-14-18-21-22-19(26-13-5-12-20)23(18)15-6-3-2-4-7-15/h2-4,6-11H,5,13-14H2,1H3. The predicted molar refractivity (Wildman–Crippen MR) is 99.6 cm³/mol. The van der Waals surface area contributed by atoms with Gasteiger partial charge in [-0.05, 0) is 36.4 Å². The summed E-state index contributed by atoms with van der Waals surface area (Å²) in [4.78, 5) is 0. The molecule has 0 unspecified atom stereocenters. The Morgan fingerprint density at radius 1 is 1.04 bits per heavy atom. The van der Waals surface area contributed by atoms with E-state index in [9.17, 15) is 0 Å². The number of methoxy groups -OCH3 is 1. The molecule has 0 radical (unpaired) electrons. The van der Waals surface area contributed by atoms with Crippen LogP contribution in [0, 0.1) is 11.3 Å². The summed E-state index contributed by atoms with van der Waals surface area (Å²) in [7, 11) is 1.63. The van der Waals surface area contributed by atoms with Gasteiger partial charge in [-0.25, -0.2) is 0 Å². The van der Waals surface area contributed by atoms with E-state index in [1.54, 1.807) is 7.11 Å². The van der Waals surface area contributed by atoms with Crippen LogP contribution < -0.4 is 9.47 Å². The van der Waals surface area contributed by atoms with Crippen molar-refractivity contribution < 1.29 is 9.47 Å². The van der Waals surface area contributed by atoms with E-state index in [1.165, 1.54) is 11.8 Å². The second kappa shape index (κ2) is 8.92. The molecule has 0 aliphatic carbocycles. The summed E-state index contributed by atoms with van der Waals surface area (Å²) >= 11 is 1.51. The molecule has 6 nitrogen and oxygen atoms in total. The van der Waals surface area contributed by atoms with Crippen LogP contribution in [0.3, 0.4) is 0 Å². The van der Waals surface area contributed by atoms with Crippen molar-refractivity contribution >= 4 is 11.8 Å². The van der Waals surface area contributed by atoms with Crippen molar-refractivity contribution in [2.75, 3.05) is 12.9 Å². The Hall–Kier alpha value is -2.98. The molecule has 0 aliphatic heterocycles. The van der Waals surface area contributed by atoms with Gasteiger partial charge in [0, 0.05) is 17.9 Å². The Labute approximate surface area is 156 Å². The largest absolute Gasteiger partial charge is 0.497 e. The number of hydrogen-bond acceptors (Lipinski definition) is 6. The van der Waals surface area contributed by atoms with Crippen molar-refractivity contribution in [3.63, 3.8) is 0 Å². The van der Waals surface area contributed by atoms with Crippen LogP contribution in [0.4, 0.5) is 0 Å². The summed E-state index contributed by atoms with van der Waals surface area (Å²) in [6.07, 6.45) is 0.462. The first-order chi connectivity index (χ1) is 12.8. The molecule has 2 aromatic carbocycles. The fraction of sp³-hybridized carbons (Fsp3) is 0.211. The number of nitrogens with zero attached hydrogens (tertiary/aromatic N) is 4. The van der Waals surface area contributed by atoms with Crippen LogP contribution in [0.2, 0.25) is 0 Å². The first kappa shape index (κ1) is 17.8. The molecular formula is C19H18N4O2S. The van der Waals surface area contributed by atoms with Gasteiger partial charge in [-0.3, -0.25) is 4.57 Å². The Kier molecular flexibility index (Phi) is 6.12. The quantitative estimate of drug-likeness (QED) is 0.445. The van der Waals surface area contributed by atoms with Crippen LogP contribution in [0.1, 0.15) is 12.2 Å². The van der Waals surface area contributed by atoms with E-state index in [1.807, 2.05) is 59.2 Å². The molecule has 132 valence electrons. The van der Waals surface area contributed by atoms with Crippen LogP contribution >= 0.6 is 11.8 Å². The first-order valence-corrected chi connectivity index (χ1v) is 9.06. The third-order valence-corrected chi connectivity index (χ3v) is 4.52. The van der Waals surface area contributed by atoms with Gasteiger partial charge in [-0.15, -0.1) is 10.2 Å². The predicted octanol–water partition coefficient (Wildman–Crippen LogP) is 3.86. The second-order valence-electron chi connectivity index (χ2n) is 5.29. The van der Waals surface area contributed by atoms with E-state index >= 15 is 0 Å². The van der Waals surface area contributed by atoms with Gasteiger partial charge in [0.15, 0.2) is 11.0 Å². The number of para-hydroxylation sites is 1. The topological polar surface area (TPSA) is 73.0 Å². The zero-order chi connectivity index (χ0) is 18.2. The van der Waals surface area contributed by atoms with E-state index in [0.29, 0.717) is 18.0 Å². The molecule has 3 aromatic rings. The maximum Gasteiger partial charge on any atom is 0.195 e. The minimum Gasteiger partial charge on any atom is -0.497 e. The fourth-order valence-electron chi connectivity index (χ4n) is 2.33. The summed E-state index contributed by atoms with van der Waals surface area (Å²) in [6, 6.07) is 19.4. The Balaban J connectivity index is 1.80. The van der Waals surface area contributed by atoms with E-state index in [2.05, 4.69) is 16.3 Å². The lowest BCUT2D eigenvalue weighted by molar-refractivity contribution is 0.292. The van der Waals surface area contributed by atoms with Crippen molar-refractivity contribution in [3.05, 3.63) is 60.4 Å². The zero-order valence-electron chi connectivity index (χ0n) is 14.3. The molecule has 0 saturated carbocycles. The number of rotatable bonds is 8. The summed E-state index contributed by atoms with van der Waals surface area (Å²) in [5.41, 5.74) is 0.963. The van der Waals surface area contributed by atoms with Gasteiger partial charge in [-0.2, -0.15) is 5.26 Å². The molecule has 0 fully saturated rings. The molecule has 0 amide bonds. The third-order valence-electron chi connectivity index (χ3n) is 3.59. The fourth-order valence-corrected chi connectivity index (χ4v) is 3.15. The monoisotopic (exact) mass is 366 g/mol. The van der Waals surface area contributed by atoms with Gasteiger partial charge in [0.25, 0.3) is 0 Å². The van der Waals surface area contributed by atoms with E-state index < -0.39 is 0 Å². The van der Waals surface area contributed by atoms with Crippen LogP contribution in [-0.4, -0.2) is 27.6 Å². The number of benzene rings is 2. The molecule has 0 saturated heterocycles. The maximum atomic E-state index is 8.75. The number of aromatic nitrogens is 3. The molecule has 0 atom stereocenters. The minimum absolute atomic E-state index is 0.285. The first-order valence-electron chi connectivity index (χ1n) is 8.08. The lowest BCUT2D eigenvalue weighted by atomic mass is 10.3. The van der Waals surface area contributed by atoms with E-state index in [-0.39, 0.29) is 6.61 Å². The van der Waals surface area contributed by atoms with Gasteiger partial charge in [-0.1, -0.05) is 30.0 Å². The summed E-state index contributed by atoms with van der Waals surface area (Å²) in [5.74, 6) is 2.88. The van der Waals surface area contributed by atoms with Crippen LogP contribution in [0.15, 0.2) is 59.8 Å². The molecule has 26 heavy (non-hydrogen) atoms. The molecule has 1 aromatic heterocycles. The Bertz CT molecular complexity index is 873. The molecule has 0 aliphatic rings. The van der Waals surface area contributed by atoms with Crippen LogP contribution in [0.5, 0.6) is 11.5 Å². The minimum atomic E-state index is 0.285. The summed E-state index contributed by atoms with van der Waals surface area (Å²) in [6.45, 7) is 0.285. The molecule has 0 spiro atoms. The van der Waals surface area contributed by atoms with Crippen molar-refractivity contribution in [1.29, 1.82) is 5.26 Å². The van der Waals surface area contributed by atoms with E-state index in [4.69, 9.17) is 14.7 Å². The van der Waals surface area contributed by atoms with E-state index in [0.717, 1.165) is 22.3 Å². The normalized spacial score (nSPS) is 10.3. The molecule has 7 heteroatoms. The smallest absolute Gasteiger partial charge is 0.195 e. The average molecular weight is 366 g/mol. The molecular weight excluding hydrogens is 348 g/mol. The van der Waals surface area contributed by atoms with Gasteiger partial charge >= 0.3 is 0 Å². The number of ether oxygens (including phenoxy) is 2. The van der Waals surface area contributed by atoms with Crippen LogP contribution in [0.25, 0.3) is 5.69 Å². The summed E-state index contributed by atoms with van der Waals surface area (Å²) in [5, 5.41) is 18.0. The lowest BCUT2D eigenvalue weighted by Crippen LogP contribution is -2.06. The highest BCUT2D eigenvalue weighted by molar-refractivity contribution is 7.99. The van der Waals surface area contributed by atoms with Crippen molar-refractivity contribution in [3.8, 4) is 23.3 Å². The molecule has 0 bridgehead atoms. The van der Waals surface area contributed by atoms with Crippen molar-refractivity contribution in [2.45, 2.75) is 18.2 Å². The van der Waals surface area contributed by atoms with Crippen LogP contribution in [-0.2, 0) is 6.61 Å². The highest BCUT2D eigenvalue weighted by Crippen LogP contribution is 2.24. The molecule has 3 rings (SSSR count). The second-order valence-corrected chi connectivity index (χ2v) is 6.35. The average Bonchev–Trinajstić information content (AvgIpc) is 3.10. The molecule has 1 heterocycles. The highest BCUT2D eigenvalue weighted by atomic mass is 32.2. The van der Waals surface area contributed by atoms with Gasteiger partial charge in [0.1, 0.15) is 18.1 Å². The third kappa shape index (κ3) is 4.35. The molecule has 0 N–H and O–H groups in total. The van der Waals surface area contributed by atoms with Crippen molar-refractivity contribution in [2.24, 2.45) is 0 Å². The lowest BCUT2D eigenvalue weighted by Gasteiger charge is -2.11. The maximum absolute atomic E-state index is 8.75. The van der Waals surface area contributed by atoms with Gasteiger partial charge in [0.05, 0.1) is 13.2 Å². The van der Waals surface area contributed by atoms with Gasteiger partial charge < -0.3 is 9.47 Å². The highest BCUT2D eigenvalue weighted by Gasteiger charge is 2.15. The van der Waals surface area contributed by atoms with Gasteiger partial charge in [0.2, 0.25) is 0 Å². The SMILES string of the molecule is COc1ccc(OCc2nnc(SCCC#N)n2-c2ccccc2)cc1. The number of hydrogen-bond donors (Lipinski definition) is 0. The zero-order valence-corrected chi connectivity index (χ0v) is 15.1.